The Bertz CT molecular complexity index is 1250. The van der Waals surface area contributed by atoms with Crippen molar-refractivity contribution in [1.29, 1.82) is 0 Å². The van der Waals surface area contributed by atoms with Gasteiger partial charge in [-0.3, -0.25) is 4.79 Å². The number of allylic oxidation sites excluding steroid dienone is 5. The monoisotopic (exact) mass is 478 g/mol. The molecule has 0 spiro atoms. The van der Waals surface area contributed by atoms with Crippen LogP contribution in [0.3, 0.4) is 0 Å². The zero-order chi connectivity index (χ0) is 25.7. The molecule has 1 aliphatic rings. The molecular weight excluding hydrogens is 444 g/mol. The first-order valence-electron chi connectivity index (χ1n) is 12.4. The molecule has 0 amide bonds. The standard InChI is InChI=1S/C33H34O3/c1-33(2,3)32(34)27-13-11-24(12-14-27)30(23-9-7-6-8-10-23)31(25-15-19-28(35-4)20-16-25)26-17-21-29(36-5)22-18-26/h6-11,13,15-22H,12,14H2,1-5H3. The molecule has 0 atom stereocenters. The molecule has 184 valence electrons. The summed E-state index contributed by atoms with van der Waals surface area (Å²) >= 11 is 0. The second kappa shape index (κ2) is 10.8. The number of Topliss-reactive ketones (excluding diaryl/α,β-unsaturated/α-hetero) is 1. The SMILES string of the molecule is COc1ccc(C(=C(C2=CC=C(C(=O)C(C)(C)C)CC2)c2ccccc2)c2ccc(OC)cc2)cc1. The zero-order valence-electron chi connectivity index (χ0n) is 21.8. The predicted molar refractivity (Wildman–Crippen MR) is 148 cm³/mol. The minimum Gasteiger partial charge on any atom is -0.497 e. The Morgan fingerprint density at radius 3 is 1.47 bits per heavy atom. The summed E-state index contributed by atoms with van der Waals surface area (Å²) < 4.78 is 10.8. The summed E-state index contributed by atoms with van der Waals surface area (Å²) in [6, 6.07) is 26.9. The lowest BCUT2D eigenvalue weighted by Crippen LogP contribution is -2.22. The van der Waals surface area contributed by atoms with Crippen LogP contribution in [0.1, 0.15) is 50.3 Å². The lowest BCUT2D eigenvalue weighted by atomic mass is 9.79. The molecule has 36 heavy (non-hydrogen) atoms. The van der Waals surface area contributed by atoms with E-state index in [2.05, 4.69) is 54.6 Å². The minimum atomic E-state index is -0.382. The Hall–Kier alpha value is -3.85. The maximum atomic E-state index is 12.9. The van der Waals surface area contributed by atoms with Gasteiger partial charge in [0.1, 0.15) is 11.5 Å². The van der Waals surface area contributed by atoms with Crippen LogP contribution in [0.2, 0.25) is 0 Å². The van der Waals surface area contributed by atoms with Crippen LogP contribution in [0.5, 0.6) is 11.5 Å². The van der Waals surface area contributed by atoms with Gasteiger partial charge in [0.25, 0.3) is 0 Å². The van der Waals surface area contributed by atoms with Gasteiger partial charge in [-0.2, -0.15) is 0 Å². The highest BCUT2D eigenvalue weighted by atomic mass is 16.5. The van der Waals surface area contributed by atoms with Gasteiger partial charge >= 0.3 is 0 Å². The fourth-order valence-corrected chi connectivity index (χ4v) is 4.58. The molecule has 3 aromatic rings. The average molecular weight is 479 g/mol. The average Bonchev–Trinajstić information content (AvgIpc) is 2.91. The Labute approximate surface area is 214 Å². The highest BCUT2D eigenvalue weighted by Gasteiger charge is 2.27. The van der Waals surface area contributed by atoms with Crippen molar-refractivity contribution >= 4 is 16.9 Å². The fourth-order valence-electron chi connectivity index (χ4n) is 4.58. The van der Waals surface area contributed by atoms with Crippen LogP contribution in [0, 0.1) is 5.41 Å². The molecule has 0 N–H and O–H groups in total. The van der Waals surface area contributed by atoms with E-state index < -0.39 is 0 Å². The van der Waals surface area contributed by atoms with Crippen molar-refractivity contribution in [2.24, 2.45) is 5.41 Å². The molecule has 0 unspecified atom stereocenters. The Kier molecular flexibility index (Phi) is 7.59. The van der Waals surface area contributed by atoms with E-state index in [9.17, 15) is 4.79 Å². The van der Waals surface area contributed by atoms with E-state index in [-0.39, 0.29) is 11.2 Å². The summed E-state index contributed by atoms with van der Waals surface area (Å²) in [6.45, 7) is 5.95. The van der Waals surface area contributed by atoms with Crippen molar-refractivity contribution in [3.8, 4) is 11.5 Å². The van der Waals surface area contributed by atoms with Crippen LogP contribution < -0.4 is 9.47 Å². The van der Waals surface area contributed by atoms with Crippen LogP contribution in [0.15, 0.2) is 102 Å². The lowest BCUT2D eigenvalue weighted by molar-refractivity contribution is -0.122. The fraction of sp³-hybridized carbons (Fsp3) is 0.242. The molecule has 3 aromatic carbocycles. The van der Waals surface area contributed by atoms with Gasteiger partial charge in [0, 0.05) is 5.41 Å². The number of carbonyl (C=O) groups excluding carboxylic acids is 1. The number of hydrogen-bond donors (Lipinski definition) is 0. The number of rotatable bonds is 7. The van der Waals surface area contributed by atoms with Crippen LogP contribution in [0.25, 0.3) is 11.1 Å². The van der Waals surface area contributed by atoms with Crippen molar-refractivity contribution < 1.29 is 14.3 Å². The molecule has 0 radical (unpaired) electrons. The normalized spacial score (nSPS) is 13.4. The third-order valence-corrected chi connectivity index (χ3v) is 6.51. The van der Waals surface area contributed by atoms with E-state index >= 15 is 0 Å². The smallest absolute Gasteiger partial charge is 0.164 e. The number of methoxy groups -OCH3 is 2. The molecule has 0 heterocycles. The first kappa shape index (κ1) is 25.2. The molecule has 0 saturated heterocycles. The topological polar surface area (TPSA) is 35.5 Å². The summed E-state index contributed by atoms with van der Waals surface area (Å²) in [6.07, 6.45) is 5.69. The molecule has 0 aliphatic heterocycles. The maximum Gasteiger partial charge on any atom is 0.164 e. The Balaban J connectivity index is 1.96. The van der Waals surface area contributed by atoms with E-state index in [0.29, 0.717) is 0 Å². The maximum absolute atomic E-state index is 12.9. The van der Waals surface area contributed by atoms with Crippen molar-refractivity contribution in [3.05, 3.63) is 119 Å². The predicted octanol–water partition coefficient (Wildman–Crippen LogP) is 7.92. The van der Waals surface area contributed by atoms with Crippen LogP contribution in [-0.2, 0) is 4.79 Å². The molecule has 3 nitrogen and oxygen atoms in total. The summed E-state index contributed by atoms with van der Waals surface area (Å²) in [5.74, 6) is 1.85. The molecule has 0 fully saturated rings. The number of benzene rings is 3. The molecule has 1 aliphatic carbocycles. The highest BCUT2D eigenvalue weighted by Crippen LogP contribution is 2.41. The van der Waals surface area contributed by atoms with Gasteiger partial charge in [-0.1, -0.05) is 87.5 Å². The van der Waals surface area contributed by atoms with Crippen molar-refractivity contribution in [2.45, 2.75) is 33.6 Å². The third-order valence-electron chi connectivity index (χ3n) is 6.51. The van der Waals surface area contributed by atoms with Crippen molar-refractivity contribution in [3.63, 3.8) is 0 Å². The van der Waals surface area contributed by atoms with Crippen molar-refractivity contribution in [2.75, 3.05) is 14.2 Å². The quantitative estimate of drug-likeness (QED) is 0.324. The lowest BCUT2D eigenvalue weighted by Gasteiger charge is -2.24. The number of hydrogen-bond acceptors (Lipinski definition) is 3. The van der Waals surface area contributed by atoms with Gasteiger partial charge in [0.15, 0.2) is 5.78 Å². The van der Waals surface area contributed by atoms with Gasteiger partial charge in [-0.15, -0.1) is 0 Å². The van der Waals surface area contributed by atoms with E-state index in [1.54, 1.807) is 14.2 Å². The third kappa shape index (κ3) is 5.52. The minimum absolute atomic E-state index is 0.216. The summed E-state index contributed by atoms with van der Waals surface area (Å²) in [4.78, 5) is 12.9. The summed E-state index contributed by atoms with van der Waals surface area (Å²) in [5, 5.41) is 0. The van der Waals surface area contributed by atoms with Gasteiger partial charge in [0.05, 0.1) is 14.2 Å². The number of ether oxygens (including phenoxy) is 2. The van der Waals surface area contributed by atoms with E-state index in [1.807, 2.05) is 57.2 Å². The highest BCUT2D eigenvalue weighted by molar-refractivity contribution is 6.05. The second-order valence-electron chi connectivity index (χ2n) is 10.0. The number of carbonyl (C=O) groups is 1. The molecule has 0 aromatic heterocycles. The van der Waals surface area contributed by atoms with Gasteiger partial charge in [-0.25, -0.2) is 0 Å². The summed E-state index contributed by atoms with van der Waals surface area (Å²) in [5.41, 5.74) is 7.38. The molecule has 0 saturated carbocycles. The van der Waals surface area contributed by atoms with E-state index in [4.69, 9.17) is 9.47 Å². The van der Waals surface area contributed by atoms with E-state index in [1.165, 1.54) is 11.1 Å². The van der Waals surface area contributed by atoms with Gasteiger partial charge in [-0.05, 0) is 76.1 Å². The Morgan fingerprint density at radius 2 is 1.06 bits per heavy atom. The molecule has 0 bridgehead atoms. The van der Waals surface area contributed by atoms with E-state index in [0.717, 1.165) is 52.2 Å². The summed E-state index contributed by atoms with van der Waals surface area (Å²) in [7, 11) is 3.36. The van der Waals surface area contributed by atoms with Gasteiger partial charge in [0.2, 0.25) is 0 Å². The van der Waals surface area contributed by atoms with Crippen molar-refractivity contribution in [1.82, 2.24) is 0 Å². The van der Waals surface area contributed by atoms with Crippen LogP contribution in [-0.4, -0.2) is 20.0 Å². The molecule has 3 heteroatoms. The molecular formula is C33H34O3. The first-order valence-corrected chi connectivity index (χ1v) is 12.4. The second-order valence-corrected chi connectivity index (χ2v) is 10.0. The molecule has 4 rings (SSSR count). The number of ketones is 1. The largest absolute Gasteiger partial charge is 0.497 e. The first-order chi connectivity index (χ1) is 17.3. The van der Waals surface area contributed by atoms with Gasteiger partial charge < -0.3 is 9.47 Å². The van der Waals surface area contributed by atoms with Crippen LogP contribution >= 0.6 is 0 Å². The Morgan fingerprint density at radius 1 is 0.611 bits per heavy atom. The zero-order valence-corrected chi connectivity index (χ0v) is 21.8. The van der Waals surface area contributed by atoms with Crippen LogP contribution in [0.4, 0.5) is 0 Å².